The first-order chi connectivity index (χ1) is 35.7. The Labute approximate surface area is 437 Å². The summed E-state index contributed by atoms with van der Waals surface area (Å²) in [5.74, 6) is 1.09. The summed E-state index contributed by atoms with van der Waals surface area (Å²) in [4.78, 5) is 79.0. The van der Waals surface area contributed by atoms with Crippen molar-refractivity contribution in [3.05, 3.63) is 92.5 Å². The van der Waals surface area contributed by atoms with E-state index >= 15 is 0 Å². The third-order valence-electron chi connectivity index (χ3n) is 14.9. The molecule has 0 bridgehead atoms. The Kier molecular flexibility index (Phi) is 17.8. The van der Waals surface area contributed by atoms with Crippen LogP contribution >= 0.6 is 11.3 Å². The van der Waals surface area contributed by atoms with Crippen molar-refractivity contribution in [3.8, 4) is 10.8 Å². The predicted molar refractivity (Wildman–Crippen MR) is 285 cm³/mol. The minimum atomic E-state index is -0.617. The number of aromatic nitrogens is 4. The maximum absolute atomic E-state index is 14.5. The molecule has 1 saturated carbocycles. The number of rotatable bonds is 21. The van der Waals surface area contributed by atoms with Crippen LogP contribution in [-0.4, -0.2) is 150 Å². The number of nitrogens with one attached hydrogen (secondary N) is 3. The van der Waals surface area contributed by atoms with Crippen LogP contribution in [0.5, 0.6) is 5.75 Å². The molecule has 18 nitrogen and oxygen atoms in total. The van der Waals surface area contributed by atoms with Crippen molar-refractivity contribution >= 4 is 57.4 Å². The molecule has 19 heteroatoms. The number of likely N-dealkylation sites (N-methyl/N-ethyl adjacent to an activating group) is 1. The second-order valence-corrected chi connectivity index (χ2v) is 21.0. The average Bonchev–Trinajstić information content (AvgIpc) is 4.02. The Bertz CT molecular complexity index is 2870. The number of amides is 4. The van der Waals surface area contributed by atoms with Gasteiger partial charge in [0.1, 0.15) is 34.4 Å². The van der Waals surface area contributed by atoms with E-state index in [0.29, 0.717) is 79.6 Å². The molecule has 4 amide bonds. The lowest BCUT2D eigenvalue weighted by Crippen LogP contribution is -2.59. The average molecular weight is 1030 g/mol. The fraction of sp³-hybridized carbons (Fsp3) is 0.527. The SMILES string of the molecule is CN[C@@H](C)C(=O)N[C@H](C(=O)N1CCN(C(=O)c2c(C(=O)CCCOCCOCCNC(=O)C[C@@H]3N=C(c4ccc(C)cc4)c4c(sc(C)c4C)-n4c(C)nnc43)c3ccc(OC)cc3n2C)CC1)C1CCCCC1. The first kappa shape index (κ1) is 54.0. The quantitative estimate of drug-likeness (QED) is 0.0565. The summed E-state index contributed by atoms with van der Waals surface area (Å²) >= 11 is 1.68. The second kappa shape index (κ2) is 24.4. The van der Waals surface area contributed by atoms with Gasteiger partial charge in [0.2, 0.25) is 17.7 Å². The smallest absolute Gasteiger partial charge is 0.271 e. The molecule has 5 heterocycles. The number of fused-ring (bicyclic) bond motifs is 4. The summed E-state index contributed by atoms with van der Waals surface area (Å²) in [6, 6.07) is 12.1. The third kappa shape index (κ3) is 11.8. The number of hydrogen-bond acceptors (Lipinski definition) is 13. The molecule has 5 aromatic rings. The molecule has 3 aliphatic rings. The van der Waals surface area contributed by atoms with Gasteiger partial charge in [-0.05, 0) is 84.5 Å². The number of thiophene rings is 1. The molecule has 3 N–H and O–H groups in total. The number of nitrogens with zero attached hydrogens (tertiary/aromatic N) is 7. The van der Waals surface area contributed by atoms with E-state index in [2.05, 4.69) is 71.2 Å². The van der Waals surface area contributed by atoms with E-state index in [1.54, 1.807) is 59.9 Å². The van der Waals surface area contributed by atoms with Crippen LogP contribution in [0.2, 0.25) is 0 Å². The highest BCUT2D eigenvalue weighted by Crippen LogP contribution is 2.40. The van der Waals surface area contributed by atoms with Gasteiger partial charge in [-0.2, -0.15) is 0 Å². The van der Waals surface area contributed by atoms with Crippen LogP contribution in [0.3, 0.4) is 0 Å². The molecule has 3 atom stereocenters. The predicted octanol–water partition coefficient (Wildman–Crippen LogP) is 6.11. The number of methoxy groups -OCH3 is 1. The molecule has 0 radical (unpaired) electrons. The highest BCUT2D eigenvalue weighted by atomic mass is 32.1. The Morgan fingerprint density at radius 1 is 0.865 bits per heavy atom. The summed E-state index contributed by atoms with van der Waals surface area (Å²) < 4.78 is 21.0. The van der Waals surface area contributed by atoms with Gasteiger partial charge in [-0.1, -0.05) is 49.1 Å². The van der Waals surface area contributed by atoms with Crippen LogP contribution in [0.25, 0.3) is 15.9 Å². The highest BCUT2D eigenvalue weighted by Gasteiger charge is 2.38. The fourth-order valence-electron chi connectivity index (χ4n) is 10.3. The number of aliphatic imine (C=N–C) groups is 1. The van der Waals surface area contributed by atoms with Crippen molar-refractivity contribution in [2.75, 3.05) is 73.3 Å². The summed E-state index contributed by atoms with van der Waals surface area (Å²) in [5, 5.41) is 19.6. The van der Waals surface area contributed by atoms with Crippen molar-refractivity contribution in [2.24, 2.45) is 18.0 Å². The van der Waals surface area contributed by atoms with Crippen LogP contribution in [0.4, 0.5) is 0 Å². The van der Waals surface area contributed by atoms with Gasteiger partial charge in [0.25, 0.3) is 5.91 Å². The van der Waals surface area contributed by atoms with Crippen molar-refractivity contribution in [1.82, 2.24) is 45.1 Å². The van der Waals surface area contributed by atoms with Crippen LogP contribution in [-0.2, 0) is 30.9 Å². The summed E-state index contributed by atoms with van der Waals surface area (Å²) in [5.41, 5.74) is 6.51. The number of carbonyl (C=O) groups is 5. The van der Waals surface area contributed by atoms with Crippen molar-refractivity contribution < 1.29 is 38.2 Å². The van der Waals surface area contributed by atoms with Crippen LogP contribution in [0.15, 0.2) is 47.5 Å². The zero-order chi connectivity index (χ0) is 52.6. The molecule has 8 rings (SSSR count). The fourth-order valence-corrected chi connectivity index (χ4v) is 11.6. The number of ketones is 1. The Balaban J connectivity index is 0.812. The van der Waals surface area contributed by atoms with Gasteiger partial charge in [-0.25, -0.2) is 0 Å². The molecule has 2 aliphatic heterocycles. The molecule has 396 valence electrons. The Morgan fingerprint density at radius 2 is 1.57 bits per heavy atom. The summed E-state index contributed by atoms with van der Waals surface area (Å²) in [7, 11) is 5.08. The Hall–Kier alpha value is -6.28. The molecule has 3 aromatic heterocycles. The van der Waals surface area contributed by atoms with Gasteiger partial charge in [0.15, 0.2) is 11.6 Å². The zero-order valence-electron chi connectivity index (χ0n) is 44.2. The third-order valence-corrected chi connectivity index (χ3v) is 16.0. The maximum atomic E-state index is 14.5. The van der Waals surface area contributed by atoms with E-state index in [1.807, 2.05) is 23.6 Å². The zero-order valence-corrected chi connectivity index (χ0v) is 45.0. The lowest BCUT2D eigenvalue weighted by molar-refractivity contribution is -0.140. The monoisotopic (exact) mass is 1030 g/mol. The van der Waals surface area contributed by atoms with E-state index in [1.165, 1.54) is 4.88 Å². The lowest BCUT2D eigenvalue weighted by Gasteiger charge is -2.39. The number of hydrogen-bond donors (Lipinski definition) is 3. The van der Waals surface area contributed by atoms with Crippen LogP contribution < -0.4 is 20.7 Å². The number of carbonyl (C=O) groups excluding carboxylic acids is 5. The molecule has 2 fully saturated rings. The van der Waals surface area contributed by atoms with Crippen molar-refractivity contribution in [3.63, 3.8) is 0 Å². The van der Waals surface area contributed by atoms with Crippen molar-refractivity contribution in [2.45, 2.75) is 104 Å². The van der Waals surface area contributed by atoms with Gasteiger partial charge < -0.3 is 44.5 Å². The van der Waals surface area contributed by atoms with E-state index in [4.69, 9.17) is 19.2 Å². The van der Waals surface area contributed by atoms with E-state index in [0.717, 1.165) is 70.9 Å². The normalized spacial score (nSPS) is 16.8. The number of piperazine rings is 1. The molecule has 0 unspecified atom stereocenters. The molecule has 2 aromatic carbocycles. The number of aryl methyl sites for hydroxylation is 4. The summed E-state index contributed by atoms with van der Waals surface area (Å²) in [6.07, 6.45) is 5.62. The van der Waals surface area contributed by atoms with E-state index in [9.17, 15) is 24.0 Å². The van der Waals surface area contributed by atoms with Gasteiger partial charge in [0, 0.05) is 80.3 Å². The molecule has 1 saturated heterocycles. The first-order valence-electron chi connectivity index (χ1n) is 26.1. The minimum absolute atomic E-state index is 0.0650. The van der Waals surface area contributed by atoms with Gasteiger partial charge in [0.05, 0.1) is 56.2 Å². The first-order valence-corrected chi connectivity index (χ1v) is 26.9. The van der Waals surface area contributed by atoms with Crippen LogP contribution in [0.1, 0.15) is 124 Å². The maximum Gasteiger partial charge on any atom is 0.271 e. The Morgan fingerprint density at radius 3 is 2.27 bits per heavy atom. The molecular weight excluding hydrogens is 961 g/mol. The standard InChI is InChI=1S/C55H72N10O8S/c1-33-16-18-39(19-17-33)48-46-34(2)36(4)74-55(46)65-37(5)60-61-51(65)42(58-48)32-45(67)57-22-28-73-30-29-72-27-12-15-44(66)47-41-21-20-40(71-8)31-43(41)62(7)50(47)54(70)64-25-23-63(24-26-64)53(69)49(38-13-10-9-11-14-38)59-52(68)35(3)56-6/h16-21,31,35,38,42,49,56H,9-15,22-30,32H2,1-8H3,(H,57,67)(H,59,68)/t35-,42-,49-/m0/s1. The largest absolute Gasteiger partial charge is 0.497 e. The van der Waals surface area contributed by atoms with Gasteiger partial charge in [-0.15, -0.1) is 21.5 Å². The molecule has 0 spiro atoms. The highest BCUT2D eigenvalue weighted by molar-refractivity contribution is 7.15. The lowest BCUT2D eigenvalue weighted by atomic mass is 9.83. The van der Waals surface area contributed by atoms with Crippen molar-refractivity contribution in [1.29, 1.82) is 0 Å². The number of Topliss-reactive ketones (excluding diaryl/α,β-unsaturated/α-hetero) is 1. The second-order valence-electron chi connectivity index (χ2n) is 19.7. The minimum Gasteiger partial charge on any atom is -0.497 e. The number of ether oxygens (including phenoxy) is 3. The number of benzene rings is 2. The topological polar surface area (TPSA) is 204 Å². The van der Waals surface area contributed by atoms with E-state index in [-0.39, 0.29) is 67.9 Å². The molecular formula is C55H72N10O8S. The molecule has 1 aliphatic carbocycles. The van der Waals surface area contributed by atoms with E-state index < -0.39 is 18.1 Å². The van der Waals surface area contributed by atoms with Gasteiger partial charge in [-0.3, -0.25) is 33.5 Å². The summed E-state index contributed by atoms with van der Waals surface area (Å²) in [6.45, 7) is 12.7. The molecule has 74 heavy (non-hydrogen) atoms. The van der Waals surface area contributed by atoms with Crippen LogP contribution in [0, 0.1) is 33.6 Å². The van der Waals surface area contributed by atoms with Gasteiger partial charge >= 0.3 is 0 Å².